The first-order valence-corrected chi connectivity index (χ1v) is 18.8. The third-order valence-electron chi connectivity index (χ3n) is 10.7. The zero-order valence-electron chi connectivity index (χ0n) is 30.2. The number of nitrogens with zero attached hydrogens (tertiary/aromatic N) is 2. The van der Waals surface area contributed by atoms with E-state index in [1.54, 1.807) is 0 Å². The van der Waals surface area contributed by atoms with Gasteiger partial charge in [0, 0.05) is 43.8 Å². The lowest BCUT2D eigenvalue weighted by Gasteiger charge is -2.14. The molecule has 0 fully saturated rings. The first kappa shape index (κ1) is 31.9. The molecule has 11 rings (SSSR count). The average Bonchev–Trinajstić information content (AvgIpc) is 3.85. The van der Waals surface area contributed by atoms with Gasteiger partial charge in [0.05, 0.1) is 11.4 Å². The highest BCUT2D eigenvalue weighted by Crippen LogP contribution is 2.43. The van der Waals surface area contributed by atoms with Crippen LogP contribution >= 0.6 is 0 Å². The van der Waals surface area contributed by atoms with Gasteiger partial charge < -0.3 is 8.83 Å². The van der Waals surface area contributed by atoms with Crippen molar-refractivity contribution in [2.24, 2.45) is 0 Å². The van der Waals surface area contributed by atoms with Crippen molar-refractivity contribution >= 4 is 43.9 Å². The largest absolute Gasteiger partial charge is 0.456 e. The zero-order chi connectivity index (χ0) is 37.0. The summed E-state index contributed by atoms with van der Waals surface area (Å²) in [7, 11) is 0. The summed E-state index contributed by atoms with van der Waals surface area (Å²) >= 11 is 0. The van der Waals surface area contributed by atoms with E-state index in [0.29, 0.717) is 5.82 Å². The summed E-state index contributed by atoms with van der Waals surface area (Å²) < 4.78 is 13.1. The fourth-order valence-corrected chi connectivity index (χ4v) is 7.98. The van der Waals surface area contributed by atoms with Gasteiger partial charge in [-0.25, -0.2) is 9.97 Å². The van der Waals surface area contributed by atoms with Crippen LogP contribution in [0.1, 0.15) is 0 Å². The maximum atomic E-state index is 6.74. The van der Waals surface area contributed by atoms with E-state index in [2.05, 4.69) is 158 Å². The smallest absolute Gasteiger partial charge is 0.161 e. The third kappa shape index (κ3) is 5.47. The van der Waals surface area contributed by atoms with Crippen molar-refractivity contribution in [1.29, 1.82) is 0 Å². The van der Waals surface area contributed by atoms with Gasteiger partial charge in [-0.1, -0.05) is 133 Å². The highest BCUT2D eigenvalue weighted by molar-refractivity contribution is 6.16. The fraction of sp³-hybridized carbons (Fsp3) is 0. The molecule has 0 unspecified atom stereocenters. The van der Waals surface area contributed by atoms with E-state index >= 15 is 0 Å². The van der Waals surface area contributed by atoms with Crippen molar-refractivity contribution in [3.05, 3.63) is 194 Å². The normalized spacial score (nSPS) is 11.6. The lowest BCUT2D eigenvalue weighted by molar-refractivity contribution is 0.668. The molecule has 0 amide bonds. The molecule has 0 bridgehead atoms. The summed E-state index contributed by atoms with van der Waals surface area (Å²) in [5.41, 5.74) is 14.4. The predicted molar refractivity (Wildman–Crippen MR) is 229 cm³/mol. The minimum Gasteiger partial charge on any atom is -0.456 e. The topological polar surface area (TPSA) is 52.1 Å². The van der Waals surface area contributed by atoms with Gasteiger partial charge in [0.2, 0.25) is 0 Å². The average molecular weight is 717 g/mol. The third-order valence-corrected chi connectivity index (χ3v) is 10.7. The van der Waals surface area contributed by atoms with Gasteiger partial charge >= 0.3 is 0 Å². The van der Waals surface area contributed by atoms with Crippen LogP contribution in [0.15, 0.2) is 203 Å². The molecule has 0 radical (unpaired) electrons. The van der Waals surface area contributed by atoms with Crippen molar-refractivity contribution in [3.8, 4) is 67.3 Å². The van der Waals surface area contributed by atoms with Crippen LogP contribution in [0.2, 0.25) is 0 Å². The SMILES string of the molecule is c1ccc(-c2cc(-c3ccccc3)cc(-c3cc(-c4ccccc4)nc(-c4ccc(-c5ccc6c(c5)oc5ccccc56)c5oc6ccccc6c45)n3)c2)cc1. The van der Waals surface area contributed by atoms with E-state index < -0.39 is 0 Å². The van der Waals surface area contributed by atoms with E-state index in [1.165, 1.54) is 0 Å². The lowest BCUT2D eigenvalue weighted by atomic mass is 9.94. The van der Waals surface area contributed by atoms with E-state index in [4.69, 9.17) is 18.8 Å². The van der Waals surface area contributed by atoms with Crippen molar-refractivity contribution in [3.63, 3.8) is 0 Å². The summed E-state index contributed by atoms with van der Waals surface area (Å²) in [6, 6.07) is 67.3. The van der Waals surface area contributed by atoms with Crippen molar-refractivity contribution < 1.29 is 8.83 Å². The molecule has 262 valence electrons. The second-order valence-corrected chi connectivity index (χ2v) is 14.1. The Morgan fingerprint density at radius 1 is 0.304 bits per heavy atom. The molecule has 3 heterocycles. The molecule has 0 atom stereocenters. The maximum absolute atomic E-state index is 6.74. The minimum atomic E-state index is 0.628. The van der Waals surface area contributed by atoms with Crippen LogP contribution in [-0.2, 0) is 0 Å². The summed E-state index contributed by atoms with van der Waals surface area (Å²) in [5.74, 6) is 0.628. The highest BCUT2D eigenvalue weighted by atomic mass is 16.3. The molecule has 0 saturated carbocycles. The Labute approximate surface area is 323 Å². The zero-order valence-corrected chi connectivity index (χ0v) is 30.2. The quantitative estimate of drug-likeness (QED) is 0.172. The number of benzene rings is 8. The van der Waals surface area contributed by atoms with Gasteiger partial charge in [0.1, 0.15) is 22.3 Å². The Balaban J connectivity index is 1.15. The molecule has 4 nitrogen and oxygen atoms in total. The molecular weight excluding hydrogens is 685 g/mol. The summed E-state index contributed by atoms with van der Waals surface area (Å²) in [4.78, 5) is 10.7. The molecule has 4 heteroatoms. The molecule has 8 aromatic carbocycles. The molecule has 0 aliphatic rings. The molecule has 11 aromatic rings. The first-order valence-electron chi connectivity index (χ1n) is 18.8. The Kier molecular flexibility index (Phi) is 7.46. The van der Waals surface area contributed by atoms with E-state index in [1.807, 2.05) is 36.4 Å². The van der Waals surface area contributed by atoms with Crippen LogP contribution in [0.3, 0.4) is 0 Å². The monoisotopic (exact) mass is 716 g/mol. The molecule has 0 spiro atoms. The van der Waals surface area contributed by atoms with Crippen LogP contribution in [0, 0.1) is 0 Å². The Morgan fingerprint density at radius 3 is 1.50 bits per heavy atom. The Hall–Kier alpha value is -7.56. The van der Waals surface area contributed by atoms with Crippen LogP contribution in [0.25, 0.3) is 111 Å². The van der Waals surface area contributed by atoms with Gasteiger partial charge in [0.25, 0.3) is 0 Å². The number of fused-ring (bicyclic) bond motifs is 6. The van der Waals surface area contributed by atoms with E-state index in [-0.39, 0.29) is 0 Å². The van der Waals surface area contributed by atoms with Gasteiger partial charge in [-0.15, -0.1) is 0 Å². The van der Waals surface area contributed by atoms with E-state index in [9.17, 15) is 0 Å². The molecule has 0 N–H and O–H groups in total. The minimum absolute atomic E-state index is 0.628. The second kappa shape index (κ2) is 13.1. The second-order valence-electron chi connectivity index (χ2n) is 14.1. The summed E-state index contributed by atoms with van der Waals surface area (Å²) in [6.07, 6.45) is 0. The first-order chi connectivity index (χ1) is 27.7. The van der Waals surface area contributed by atoms with E-state index in [0.717, 1.165) is 105 Å². The number of hydrogen-bond donors (Lipinski definition) is 0. The van der Waals surface area contributed by atoms with Crippen LogP contribution in [-0.4, -0.2) is 9.97 Å². The van der Waals surface area contributed by atoms with Crippen molar-refractivity contribution in [1.82, 2.24) is 9.97 Å². The van der Waals surface area contributed by atoms with Crippen molar-refractivity contribution in [2.75, 3.05) is 0 Å². The Morgan fingerprint density at radius 2 is 0.821 bits per heavy atom. The summed E-state index contributed by atoms with van der Waals surface area (Å²) in [6.45, 7) is 0. The standard InChI is InChI=1S/C52H32N2O2/c1-4-14-33(15-5-1)37-28-38(34-16-6-2-7-17-34)30-39(29-37)46-32-45(35-18-8-3-9-19-35)53-52(54-46)44-27-26-40(51-50(44)43-21-11-13-23-48(43)56-51)36-24-25-42-41-20-10-12-22-47(41)55-49(42)31-36/h1-32H. The van der Waals surface area contributed by atoms with Crippen LogP contribution in [0.4, 0.5) is 0 Å². The van der Waals surface area contributed by atoms with Crippen molar-refractivity contribution in [2.45, 2.75) is 0 Å². The predicted octanol–water partition coefficient (Wildman–Crippen LogP) is 14.3. The molecule has 0 saturated heterocycles. The number of furan rings is 2. The van der Waals surface area contributed by atoms with Gasteiger partial charge in [-0.2, -0.15) is 0 Å². The van der Waals surface area contributed by atoms with Crippen LogP contribution in [0.5, 0.6) is 0 Å². The van der Waals surface area contributed by atoms with Gasteiger partial charge in [-0.3, -0.25) is 0 Å². The maximum Gasteiger partial charge on any atom is 0.161 e. The Bertz CT molecular complexity index is 3180. The molecule has 56 heavy (non-hydrogen) atoms. The van der Waals surface area contributed by atoms with Crippen LogP contribution < -0.4 is 0 Å². The van der Waals surface area contributed by atoms with Gasteiger partial charge in [-0.05, 0) is 88.5 Å². The molecule has 0 aliphatic carbocycles. The number of rotatable bonds is 6. The molecule has 0 aliphatic heterocycles. The number of hydrogen-bond acceptors (Lipinski definition) is 4. The lowest BCUT2D eigenvalue weighted by Crippen LogP contribution is -1.97. The fourth-order valence-electron chi connectivity index (χ4n) is 7.98. The summed E-state index contributed by atoms with van der Waals surface area (Å²) in [5, 5.41) is 4.18. The number of para-hydroxylation sites is 2. The number of aromatic nitrogens is 2. The molecular formula is C52H32N2O2. The highest BCUT2D eigenvalue weighted by Gasteiger charge is 2.21. The van der Waals surface area contributed by atoms with Gasteiger partial charge in [0.15, 0.2) is 5.82 Å². The molecule has 3 aromatic heterocycles.